The van der Waals surface area contributed by atoms with Gasteiger partial charge in [0.25, 0.3) is 0 Å². The second-order valence-corrected chi connectivity index (χ2v) is 9.53. The van der Waals surface area contributed by atoms with Gasteiger partial charge in [0.1, 0.15) is 5.75 Å². The second-order valence-electron chi connectivity index (χ2n) is 5.34. The van der Waals surface area contributed by atoms with Crippen molar-refractivity contribution in [2.24, 2.45) is 0 Å². The molecular formula is C14H22N2O5S2. The Kier molecular flexibility index (Phi) is 5.34. The van der Waals surface area contributed by atoms with Crippen molar-refractivity contribution in [3.05, 3.63) is 23.8 Å². The highest BCUT2D eigenvalue weighted by molar-refractivity contribution is 7.89. The molecule has 0 spiro atoms. The molecule has 0 bridgehead atoms. The molecule has 130 valence electrons. The van der Waals surface area contributed by atoms with Crippen LogP contribution in [0.25, 0.3) is 0 Å². The van der Waals surface area contributed by atoms with Crippen LogP contribution < -0.4 is 4.74 Å². The third kappa shape index (κ3) is 3.68. The lowest BCUT2D eigenvalue weighted by Gasteiger charge is -2.33. The molecule has 1 aliphatic heterocycles. The van der Waals surface area contributed by atoms with Crippen LogP contribution >= 0.6 is 0 Å². The number of sulfonamides is 2. The lowest BCUT2D eigenvalue weighted by Crippen LogP contribution is -2.50. The van der Waals surface area contributed by atoms with Crippen LogP contribution in [0.5, 0.6) is 5.75 Å². The van der Waals surface area contributed by atoms with E-state index in [1.54, 1.807) is 26.0 Å². The molecule has 2 rings (SSSR count). The average Bonchev–Trinajstić information content (AvgIpc) is 2.54. The number of hydrogen-bond acceptors (Lipinski definition) is 5. The van der Waals surface area contributed by atoms with Crippen LogP contribution in [0.1, 0.15) is 12.5 Å². The molecule has 1 fully saturated rings. The van der Waals surface area contributed by atoms with Crippen molar-refractivity contribution in [2.45, 2.75) is 18.7 Å². The molecule has 0 aromatic heterocycles. The van der Waals surface area contributed by atoms with E-state index in [2.05, 4.69) is 0 Å². The topological polar surface area (TPSA) is 84.0 Å². The summed E-state index contributed by atoms with van der Waals surface area (Å²) in [6.45, 7) is 4.05. The van der Waals surface area contributed by atoms with Crippen molar-refractivity contribution in [3.63, 3.8) is 0 Å². The monoisotopic (exact) mass is 362 g/mol. The highest BCUT2D eigenvalue weighted by Gasteiger charge is 2.32. The Morgan fingerprint density at radius 2 is 1.61 bits per heavy atom. The SMILES string of the molecule is CCS(=O)(=O)N1CCN(S(=O)(=O)c2ccc(OC)c(C)c2)CC1. The van der Waals surface area contributed by atoms with Gasteiger partial charge in [-0.1, -0.05) is 0 Å². The Morgan fingerprint density at radius 1 is 1.04 bits per heavy atom. The molecule has 1 aliphatic rings. The first-order valence-electron chi connectivity index (χ1n) is 7.35. The molecule has 1 aromatic carbocycles. The summed E-state index contributed by atoms with van der Waals surface area (Å²) in [4.78, 5) is 0.197. The molecule has 0 N–H and O–H groups in total. The first kappa shape index (κ1) is 18.2. The predicted molar refractivity (Wildman–Crippen MR) is 87.5 cm³/mol. The fourth-order valence-corrected chi connectivity index (χ4v) is 5.12. The van der Waals surface area contributed by atoms with Crippen LogP contribution in [0, 0.1) is 6.92 Å². The number of nitrogens with zero attached hydrogens (tertiary/aromatic N) is 2. The van der Waals surface area contributed by atoms with Crippen LogP contribution in [0.2, 0.25) is 0 Å². The van der Waals surface area contributed by atoms with E-state index in [4.69, 9.17) is 4.74 Å². The fraction of sp³-hybridized carbons (Fsp3) is 0.571. The Bertz CT molecular complexity index is 766. The lowest BCUT2D eigenvalue weighted by molar-refractivity contribution is 0.273. The first-order valence-corrected chi connectivity index (χ1v) is 10.4. The predicted octanol–water partition coefficient (Wildman–Crippen LogP) is 0.660. The van der Waals surface area contributed by atoms with Crippen LogP contribution in [0.15, 0.2) is 23.1 Å². The highest BCUT2D eigenvalue weighted by atomic mass is 32.2. The lowest BCUT2D eigenvalue weighted by atomic mass is 10.2. The van der Waals surface area contributed by atoms with E-state index >= 15 is 0 Å². The minimum atomic E-state index is -3.63. The maximum Gasteiger partial charge on any atom is 0.243 e. The normalized spacial score (nSPS) is 18.0. The smallest absolute Gasteiger partial charge is 0.243 e. The molecule has 0 atom stereocenters. The van der Waals surface area contributed by atoms with Crippen molar-refractivity contribution in [2.75, 3.05) is 39.0 Å². The van der Waals surface area contributed by atoms with Crippen LogP contribution in [-0.4, -0.2) is 64.5 Å². The summed E-state index contributed by atoms with van der Waals surface area (Å²) >= 11 is 0. The Balaban J connectivity index is 2.18. The Hall–Kier alpha value is -1.16. The van der Waals surface area contributed by atoms with E-state index in [1.165, 1.54) is 21.8 Å². The van der Waals surface area contributed by atoms with E-state index in [1.807, 2.05) is 0 Å². The Morgan fingerprint density at radius 3 is 2.09 bits per heavy atom. The molecule has 1 saturated heterocycles. The largest absolute Gasteiger partial charge is 0.496 e. The molecule has 0 amide bonds. The van der Waals surface area contributed by atoms with Gasteiger partial charge in [0.15, 0.2) is 0 Å². The molecule has 1 heterocycles. The number of ether oxygens (including phenoxy) is 1. The summed E-state index contributed by atoms with van der Waals surface area (Å²) in [5, 5.41) is 0. The number of rotatable bonds is 5. The number of hydrogen-bond donors (Lipinski definition) is 0. The van der Waals surface area contributed by atoms with Gasteiger partial charge in [0.05, 0.1) is 17.8 Å². The maximum atomic E-state index is 12.7. The van der Waals surface area contributed by atoms with E-state index in [0.717, 1.165) is 5.56 Å². The number of piperazine rings is 1. The zero-order chi connectivity index (χ0) is 17.3. The summed E-state index contributed by atoms with van der Waals surface area (Å²) in [5.41, 5.74) is 0.737. The standard InChI is InChI=1S/C14H22N2O5S2/c1-4-22(17,18)15-7-9-16(10-8-15)23(19,20)13-5-6-14(21-3)12(2)11-13/h5-6,11H,4,7-10H2,1-3H3. The van der Waals surface area contributed by atoms with Gasteiger partial charge < -0.3 is 4.74 Å². The van der Waals surface area contributed by atoms with E-state index in [0.29, 0.717) is 5.75 Å². The van der Waals surface area contributed by atoms with Gasteiger partial charge >= 0.3 is 0 Å². The minimum absolute atomic E-state index is 0.0252. The van der Waals surface area contributed by atoms with E-state index in [9.17, 15) is 16.8 Å². The fourth-order valence-electron chi connectivity index (χ4n) is 2.53. The quantitative estimate of drug-likeness (QED) is 0.768. The molecule has 9 heteroatoms. The highest BCUT2D eigenvalue weighted by Crippen LogP contribution is 2.24. The number of benzene rings is 1. The van der Waals surface area contributed by atoms with Crippen molar-refractivity contribution in [1.82, 2.24) is 8.61 Å². The Labute approximate surface area is 137 Å². The van der Waals surface area contributed by atoms with E-state index < -0.39 is 20.0 Å². The second kappa shape index (κ2) is 6.76. The average molecular weight is 362 g/mol. The van der Waals surface area contributed by atoms with Crippen molar-refractivity contribution >= 4 is 20.0 Å². The van der Waals surface area contributed by atoms with Gasteiger partial charge in [-0.3, -0.25) is 0 Å². The number of aryl methyl sites for hydroxylation is 1. The van der Waals surface area contributed by atoms with Crippen LogP contribution in [0.4, 0.5) is 0 Å². The molecule has 1 aromatic rings. The minimum Gasteiger partial charge on any atom is -0.496 e. The third-order valence-electron chi connectivity index (χ3n) is 3.96. The van der Waals surface area contributed by atoms with Crippen molar-refractivity contribution in [3.8, 4) is 5.75 Å². The van der Waals surface area contributed by atoms with Crippen LogP contribution in [0.3, 0.4) is 0 Å². The zero-order valence-corrected chi connectivity index (χ0v) is 15.2. The van der Waals surface area contributed by atoms with Gasteiger partial charge in [-0.05, 0) is 37.6 Å². The molecule has 0 radical (unpaired) electrons. The van der Waals surface area contributed by atoms with Gasteiger partial charge in [0, 0.05) is 26.2 Å². The third-order valence-corrected chi connectivity index (χ3v) is 7.74. The van der Waals surface area contributed by atoms with Crippen molar-refractivity contribution < 1.29 is 21.6 Å². The van der Waals surface area contributed by atoms with Gasteiger partial charge in [-0.2, -0.15) is 8.61 Å². The van der Waals surface area contributed by atoms with E-state index in [-0.39, 0.29) is 36.8 Å². The molecule has 23 heavy (non-hydrogen) atoms. The molecule has 0 aliphatic carbocycles. The summed E-state index contributed by atoms with van der Waals surface area (Å²) in [7, 11) is -5.37. The summed E-state index contributed by atoms with van der Waals surface area (Å²) < 4.78 is 56.9. The van der Waals surface area contributed by atoms with Crippen molar-refractivity contribution in [1.29, 1.82) is 0 Å². The van der Waals surface area contributed by atoms with Gasteiger partial charge in [-0.15, -0.1) is 0 Å². The molecule has 0 unspecified atom stereocenters. The molecular weight excluding hydrogens is 340 g/mol. The van der Waals surface area contributed by atoms with Crippen LogP contribution in [-0.2, 0) is 20.0 Å². The maximum absolute atomic E-state index is 12.7. The number of methoxy groups -OCH3 is 1. The summed E-state index contributed by atoms with van der Waals surface area (Å²) in [6, 6.07) is 4.71. The molecule has 7 nitrogen and oxygen atoms in total. The molecule has 0 saturated carbocycles. The zero-order valence-electron chi connectivity index (χ0n) is 13.5. The summed E-state index contributed by atoms with van der Waals surface area (Å²) in [6.07, 6.45) is 0. The summed E-state index contributed by atoms with van der Waals surface area (Å²) in [5.74, 6) is 0.653. The van der Waals surface area contributed by atoms with Gasteiger partial charge in [-0.25, -0.2) is 16.8 Å². The first-order chi connectivity index (χ1) is 10.7. The van der Waals surface area contributed by atoms with Gasteiger partial charge in [0.2, 0.25) is 20.0 Å².